The zero-order valence-electron chi connectivity index (χ0n) is 11.4. The first-order valence-electron chi connectivity index (χ1n) is 7.24. The summed E-state index contributed by atoms with van der Waals surface area (Å²) >= 11 is 0. The molecule has 0 bridgehead atoms. The minimum absolute atomic E-state index is 0.0426. The number of hydrogen-bond acceptors (Lipinski definition) is 3. The number of benzene rings is 1. The monoisotopic (exact) mass is 277 g/mol. The average molecular weight is 277 g/mol. The van der Waals surface area contributed by atoms with Crippen molar-refractivity contribution in [2.45, 2.75) is 24.9 Å². The van der Waals surface area contributed by atoms with E-state index in [-0.39, 0.29) is 17.8 Å². The zero-order valence-corrected chi connectivity index (χ0v) is 11.4. The lowest BCUT2D eigenvalue weighted by atomic mass is 10.0. The third-order valence-electron chi connectivity index (χ3n) is 3.87. The molecule has 1 aromatic carbocycles. The molecule has 5 heteroatoms. The van der Waals surface area contributed by atoms with E-state index < -0.39 is 0 Å². The van der Waals surface area contributed by atoms with Crippen LogP contribution in [0.5, 0.6) is 0 Å². The minimum atomic E-state index is -0.307. The average Bonchev–Trinajstić information content (AvgIpc) is 3.26. The van der Waals surface area contributed by atoms with Crippen molar-refractivity contribution in [2.24, 2.45) is 0 Å². The van der Waals surface area contributed by atoms with Crippen LogP contribution in [0.4, 0.5) is 4.39 Å². The molecule has 2 fully saturated rings. The topological polar surface area (TPSA) is 44.4 Å². The Morgan fingerprint density at radius 2 is 1.90 bits per heavy atom. The first-order valence-corrected chi connectivity index (χ1v) is 7.24. The van der Waals surface area contributed by atoms with Crippen LogP contribution in [0.3, 0.4) is 0 Å². The number of carbonyl (C=O) groups excluding carboxylic acids is 1. The molecule has 0 aromatic heterocycles. The van der Waals surface area contributed by atoms with Crippen molar-refractivity contribution < 1.29 is 9.18 Å². The maximum atomic E-state index is 13.1. The van der Waals surface area contributed by atoms with Gasteiger partial charge in [0.2, 0.25) is 5.91 Å². The Balaban J connectivity index is 1.80. The molecular formula is C15H20FN3O. The summed E-state index contributed by atoms with van der Waals surface area (Å²) in [6.45, 7) is 3.43. The van der Waals surface area contributed by atoms with Crippen LogP contribution in [0.1, 0.15) is 24.4 Å². The predicted molar refractivity (Wildman–Crippen MR) is 74.7 cm³/mol. The summed E-state index contributed by atoms with van der Waals surface area (Å²) in [5, 5.41) is 6.36. The van der Waals surface area contributed by atoms with Crippen molar-refractivity contribution in [3.05, 3.63) is 35.6 Å². The van der Waals surface area contributed by atoms with Crippen molar-refractivity contribution in [2.75, 3.05) is 26.2 Å². The van der Waals surface area contributed by atoms with Gasteiger partial charge in [-0.25, -0.2) is 4.39 Å². The molecule has 3 rings (SSSR count). The number of amides is 1. The molecule has 1 amide bonds. The molecule has 1 saturated heterocycles. The van der Waals surface area contributed by atoms with Gasteiger partial charge in [-0.1, -0.05) is 12.1 Å². The number of halogens is 1. The molecule has 1 aromatic rings. The van der Waals surface area contributed by atoms with Crippen LogP contribution in [0, 0.1) is 5.82 Å². The number of rotatable bonds is 4. The van der Waals surface area contributed by atoms with Gasteiger partial charge in [-0.15, -0.1) is 0 Å². The molecule has 0 spiro atoms. The fourth-order valence-electron chi connectivity index (χ4n) is 2.62. The van der Waals surface area contributed by atoms with Crippen molar-refractivity contribution in [1.29, 1.82) is 0 Å². The van der Waals surface area contributed by atoms with Crippen molar-refractivity contribution in [1.82, 2.24) is 15.5 Å². The molecule has 1 aliphatic carbocycles. The Hall–Kier alpha value is -1.46. The second kappa shape index (κ2) is 5.89. The van der Waals surface area contributed by atoms with Crippen LogP contribution in [-0.2, 0) is 4.79 Å². The number of nitrogens with zero attached hydrogens (tertiary/aromatic N) is 1. The fourth-order valence-corrected chi connectivity index (χ4v) is 2.62. The Bertz CT molecular complexity index is 467. The molecule has 1 atom stereocenters. The third kappa shape index (κ3) is 3.16. The van der Waals surface area contributed by atoms with Gasteiger partial charge in [0.25, 0.3) is 0 Å². The third-order valence-corrected chi connectivity index (χ3v) is 3.87. The van der Waals surface area contributed by atoms with E-state index in [1.54, 1.807) is 12.1 Å². The molecule has 20 heavy (non-hydrogen) atoms. The normalized spacial score (nSPS) is 21.4. The van der Waals surface area contributed by atoms with Crippen molar-refractivity contribution in [3.8, 4) is 0 Å². The van der Waals surface area contributed by atoms with E-state index >= 15 is 0 Å². The second-order valence-corrected chi connectivity index (χ2v) is 5.52. The summed E-state index contributed by atoms with van der Waals surface area (Å²) in [5.41, 5.74) is 0.867. The van der Waals surface area contributed by atoms with Gasteiger partial charge >= 0.3 is 0 Å². The maximum absolute atomic E-state index is 13.1. The van der Waals surface area contributed by atoms with Crippen molar-refractivity contribution in [3.63, 3.8) is 0 Å². The van der Waals surface area contributed by atoms with Gasteiger partial charge in [-0.05, 0) is 30.5 Å². The lowest BCUT2D eigenvalue weighted by Gasteiger charge is -2.34. The molecule has 2 aliphatic rings. The first kappa shape index (κ1) is 13.5. The van der Waals surface area contributed by atoms with Gasteiger partial charge in [0.1, 0.15) is 11.9 Å². The van der Waals surface area contributed by atoms with Crippen LogP contribution in [0.2, 0.25) is 0 Å². The van der Waals surface area contributed by atoms with Gasteiger partial charge in [0, 0.05) is 32.2 Å². The van der Waals surface area contributed by atoms with E-state index in [9.17, 15) is 9.18 Å². The van der Waals surface area contributed by atoms with Gasteiger partial charge in [-0.3, -0.25) is 9.69 Å². The Labute approximate surface area is 118 Å². The van der Waals surface area contributed by atoms with E-state index in [0.29, 0.717) is 6.04 Å². The highest BCUT2D eigenvalue weighted by Crippen LogP contribution is 2.25. The van der Waals surface area contributed by atoms with Gasteiger partial charge in [0.15, 0.2) is 0 Å². The van der Waals surface area contributed by atoms with Crippen LogP contribution in [-0.4, -0.2) is 43.0 Å². The molecule has 0 radical (unpaired) electrons. The molecule has 1 aliphatic heterocycles. The quantitative estimate of drug-likeness (QED) is 0.864. The van der Waals surface area contributed by atoms with E-state index in [4.69, 9.17) is 0 Å². The summed E-state index contributed by atoms with van der Waals surface area (Å²) in [6.07, 6.45) is 2.15. The standard InChI is InChI=1S/C15H20FN3O/c16-12-3-1-11(2-4-12)14(15(20)18-13-5-6-13)19-9-7-17-8-10-19/h1-4,13-14,17H,5-10H2,(H,18,20). The van der Waals surface area contributed by atoms with Gasteiger partial charge in [-0.2, -0.15) is 0 Å². The van der Waals surface area contributed by atoms with Gasteiger partial charge in [0.05, 0.1) is 0 Å². The van der Waals surface area contributed by atoms with Crippen molar-refractivity contribution >= 4 is 5.91 Å². The highest BCUT2D eigenvalue weighted by molar-refractivity contribution is 5.83. The van der Waals surface area contributed by atoms with E-state index in [1.165, 1.54) is 12.1 Å². The number of piperazine rings is 1. The number of nitrogens with one attached hydrogen (secondary N) is 2. The molecule has 108 valence electrons. The minimum Gasteiger partial charge on any atom is -0.352 e. The zero-order chi connectivity index (χ0) is 13.9. The van der Waals surface area contributed by atoms with Crippen LogP contribution < -0.4 is 10.6 Å². The highest BCUT2D eigenvalue weighted by atomic mass is 19.1. The SMILES string of the molecule is O=C(NC1CC1)C(c1ccc(F)cc1)N1CCNCC1. The van der Waals surface area contributed by atoms with Crippen LogP contribution in [0.25, 0.3) is 0 Å². The maximum Gasteiger partial charge on any atom is 0.242 e. The summed E-state index contributed by atoms with van der Waals surface area (Å²) < 4.78 is 13.1. The lowest BCUT2D eigenvalue weighted by molar-refractivity contribution is -0.127. The smallest absolute Gasteiger partial charge is 0.242 e. The second-order valence-electron chi connectivity index (χ2n) is 5.52. The van der Waals surface area contributed by atoms with E-state index in [2.05, 4.69) is 15.5 Å². The molecule has 1 unspecified atom stereocenters. The largest absolute Gasteiger partial charge is 0.352 e. The Morgan fingerprint density at radius 1 is 1.25 bits per heavy atom. The summed E-state index contributed by atoms with van der Waals surface area (Å²) in [7, 11) is 0. The predicted octanol–water partition coefficient (Wildman–Crippen LogP) is 1.05. The van der Waals surface area contributed by atoms with E-state index in [1.807, 2.05) is 0 Å². The fraction of sp³-hybridized carbons (Fsp3) is 0.533. The number of hydrogen-bond donors (Lipinski definition) is 2. The van der Waals surface area contributed by atoms with Gasteiger partial charge < -0.3 is 10.6 Å². The summed E-state index contributed by atoms with van der Waals surface area (Å²) in [6, 6.07) is 6.32. The molecule has 1 saturated carbocycles. The van der Waals surface area contributed by atoms with E-state index in [0.717, 1.165) is 44.6 Å². The lowest BCUT2D eigenvalue weighted by Crippen LogP contribution is -2.49. The highest BCUT2D eigenvalue weighted by Gasteiger charge is 2.32. The first-order chi connectivity index (χ1) is 9.74. The Kier molecular flexibility index (Phi) is 3.98. The molecule has 2 N–H and O–H groups in total. The number of carbonyl (C=O) groups is 1. The molecule has 1 heterocycles. The summed E-state index contributed by atoms with van der Waals surface area (Å²) in [4.78, 5) is 14.7. The summed E-state index contributed by atoms with van der Waals surface area (Å²) in [5.74, 6) is -0.226. The molecular weight excluding hydrogens is 257 g/mol. The molecule has 4 nitrogen and oxygen atoms in total. The van der Waals surface area contributed by atoms with Crippen LogP contribution in [0.15, 0.2) is 24.3 Å². The Morgan fingerprint density at radius 3 is 2.50 bits per heavy atom. The van der Waals surface area contributed by atoms with Crippen LogP contribution >= 0.6 is 0 Å².